The third-order valence-electron chi connectivity index (χ3n) is 11.0. The van der Waals surface area contributed by atoms with Crippen LogP contribution < -0.4 is 0 Å². The van der Waals surface area contributed by atoms with E-state index in [1.54, 1.807) is 0 Å². The lowest BCUT2D eigenvalue weighted by molar-refractivity contribution is 0.0439. The van der Waals surface area contributed by atoms with Crippen LogP contribution in [-0.4, -0.2) is 11.7 Å². The summed E-state index contributed by atoms with van der Waals surface area (Å²) in [6.45, 7) is 17.0. The molecule has 0 amide bonds. The van der Waals surface area contributed by atoms with Crippen LogP contribution in [0, 0.1) is 46.3 Å². The van der Waals surface area contributed by atoms with E-state index in [4.69, 9.17) is 0 Å². The molecule has 4 rings (SSSR count). The Labute approximate surface area is 186 Å². The molecule has 1 heteroatoms. The Morgan fingerprint density at radius 3 is 2.60 bits per heavy atom. The van der Waals surface area contributed by atoms with Crippen molar-refractivity contribution in [3.8, 4) is 0 Å². The van der Waals surface area contributed by atoms with Gasteiger partial charge in [0.15, 0.2) is 0 Å². The predicted molar refractivity (Wildman–Crippen MR) is 128 cm³/mol. The van der Waals surface area contributed by atoms with Gasteiger partial charge in [-0.25, -0.2) is 0 Å². The van der Waals surface area contributed by atoms with Gasteiger partial charge in [0.25, 0.3) is 0 Å². The lowest BCUT2D eigenvalue weighted by Gasteiger charge is -2.56. The number of hydrogen-bond acceptors (Lipinski definition) is 1. The van der Waals surface area contributed by atoms with Crippen molar-refractivity contribution in [3.05, 3.63) is 23.3 Å². The molecule has 0 saturated heterocycles. The van der Waals surface area contributed by atoms with Crippen LogP contribution >= 0.6 is 0 Å². The second-order valence-corrected chi connectivity index (χ2v) is 12.4. The Hall–Kier alpha value is -0.560. The van der Waals surface area contributed by atoms with Crippen molar-refractivity contribution in [1.29, 1.82) is 0 Å². The molecule has 4 aliphatic rings. The molecule has 0 aliphatic heterocycles. The highest BCUT2D eigenvalue weighted by Crippen LogP contribution is 2.66. The number of aliphatic hydroxyl groups excluding tert-OH is 1. The van der Waals surface area contributed by atoms with Gasteiger partial charge in [-0.15, -0.1) is 0 Å². The molecular weight excluding hydrogens is 364 g/mol. The van der Waals surface area contributed by atoms with Crippen molar-refractivity contribution >= 4 is 0 Å². The molecule has 3 unspecified atom stereocenters. The molecule has 1 N–H and O–H groups in total. The molecule has 170 valence electrons. The largest absolute Gasteiger partial charge is 0.396 e. The quantitative estimate of drug-likeness (QED) is 0.439. The summed E-state index contributed by atoms with van der Waals surface area (Å²) in [5.41, 5.74) is 6.19. The Bertz CT molecular complexity index is 688. The topological polar surface area (TPSA) is 20.2 Å². The summed E-state index contributed by atoms with van der Waals surface area (Å²) in [6.07, 6.45) is 15.3. The Morgan fingerprint density at radius 2 is 1.87 bits per heavy atom. The summed E-state index contributed by atoms with van der Waals surface area (Å²) in [5, 5.41) is 9.44. The van der Waals surface area contributed by atoms with Gasteiger partial charge in [-0.1, -0.05) is 70.8 Å². The van der Waals surface area contributed by atoms with Crippen LogP contribution in [0.1, 0.15) is 105 Å². The van der Waals surface area contributed by atoms with Crippen LogP contribution in [0.25, 0.3) is 0 Å². The molecule has 0 aromatic rings. The zero-order valence-corrected chi connectivity index (χ0v) is 20.6. The predicted octanol–water partition coefficient (Wildman–Crippen LogP) is 7.95. The van der Waals surface area contributed by atoms with E-state index in [2.05, 4.69) is 41.2 Å². The van der Waals surface area contributed by atoms with Crippen molar-refractivity contribution in [1.82, 2.24) is 0 Å². The zero-order valence-electron chi connectivity index (χ0n) is 20.6. The van der Waals surface area contributed by atoms with Gasteiger partial charge in [0, 0.05) is 6.61 Å². The van der Waals surface area contributed by atoms with Crippen LogP contribution in [0.2, 0.25) is 0 Å². The van der Waals surface area contributed by atoms with Crippen LogP contribution in [0.3, 0.4) is 0 Å². The first kappa shape index (κ1) is 22.6. The minimum Gasteiger partial charge on any atom is -0.396 e. The van der Waals surface area contributed by atoms with Gasteiger partial charge in [0.1, 0.15) is 0 Å². The second kappa shape index (κ2) is 8.42. The zero-order chi connectivity index (χ0) is 21.7. The molecular formula is C29H48O. The van der Waals surface area contributed by atoms with Gasteiger partial charge < -0.3 is 5.11 Å². The molecule has 30 heavy (non-hydrogen) atoms. The summed E-state index contributed by atoms with van der Waals surface area (Å²) in [6, 6.07) is 0. The van der Waals surface area contributed by atoms with E-state index in [1.807, 2.05) is 11.1 Å². The van der Waals surface area contributed by atoms with Gasteiger partial charge >= 0.3 is 0 Å². The summed E-state index contributed by atoms with van der Waals surface area (Å²) in [4.78, 5) is 0. The van der Waals surface area contributed by atoms with Crippen molar-refractivity contribution in [3.63, 3.8) is 0 Å². The molecule has 0 radical (unpaired) electrons. The molecule has 1 nitrogen and oxygen atoms in total. The van der Waals surface area contributed by atoms with Gasteiger partial charge in [-0.05, 0) is 104 Å². The van der Waals surface area contributed by atoms with Gasteiger partial charge in [0.05, 0.1) is 0 Å². The highest BCUT2D eigenvalue weighted by Gasteiger charge is 2.56. The first-order valence-electron chi connectivity index (χ1n) is 13.2. The van der Waals surface area contributed by atoms with Crippen LogP contribution in [0.4, 0.5) is 0 Å². The lowest BCUT2D eigenvalue weighted by Crippen LogP contribution is -2.45. The van der Waals surface area contributed by atoms with Gasteiger partial charge in [-0.3, -0.25) is 0 Å². The van der Waals surface area contributed by atoms with Gasteiger partial charge in [0.2, 0.25) is 0 Å². The Kier molecular flexibility index (Phi) is 6.35. The monoisotopic (exact) mass is 412 g/mol. The molecule has 2 saturated carbocycles. The van der Waals surface area contributed by atoms with Crippen LogP contribution in [0.5, 0.6) is 0 Å². The molecule has 0 bridgehead atoms. The van der Waals surface area contributed by atoms with Gasteiger partial charge in [-0.2, -0.15) is 0 Å². The summed E-state index contributed by atoms with van der Waals surface area (Å²) >= 11 is 0. The van der Waals surface area contributed by atoms with Crippen molar-refractivity contribution in [2.75, 3.05) is 6.61 Å². The SMILES string of the molecule is C=C(CC[C@@H](C)[C@H]1CC[C@H]2C3=C(CC[C@]12C)[C@@]1(C)CCCC(C)C1CC3)C(C)CO. The number of rotatable bonds is 6. The van der Waals surface area contributed by atoms with E-state index in [-0.39, 0.29) is 12.5 Å². The average Bonchev–Trinajstić information content (AvgIpc) is 3.08. The van der Waals surface area contributed by atoms with Crippen molar-refractivity contribution in [2.24, 2.45) is 46.3 Å². The summed E-state index contributed by atoms with van der Waals surface area (Å²) in [7, 11) is 0. The smallest absolute Gasteiger partial charge is 0.0493 e. The van der Waals surface area contributed by atoms with Crippen molar-refractivity contribution < 1.29 is 5.11 Å². The molecule has 0 aromatic heterocycles. The second-order valence-electron chi connectivity index (χ2n) is 12.4. The molecule has 2 fully saturated rings. The molecule has 0 spiro atoms. The normalized spacial score (nSPS) is 42.9. The van der Waals surface area contributed by atoms with E-state index in [0.717, 1.165) is 36.0 Å². The third kappa shape index (κ3) is 3.56. The fraction of sp³-hybridized carbons (Fsp3) is 0.862. The van der Waals surface area contributed by atoms with Crippen LogP contribution in [0.15, 0.2) is 23.3 Å². The van der Waals surface area contributed by atoms with E-state index in [1.165, 1.54) is 69.8 Å². The number of fused-ring (bicyclic) bond motifs is 4. The molecule has 8 atom stereocenters. The maximum absolute atomic E-state index is 9.44. The summed E-state index contributed by atoms with van der Waals surface area (Å²) in [5.74, 6) is 4.63. The maximum atomic E-state index is 9.44. The number of allylic oxidation sites excluding steroid dienone is 2. The molecule has 4 aliphatic carbocycles. The highest BCUT2D eigenvalue weighted by atomic mass is 16.3. The average molecular weight is 413 g/mol. The number of hydrogen-bond donors (Lipinski definition) is 1. The van der Waals surface area contributed by atoms with E-state index in [9.17, 15) is 5.11 Å². The minimum atomic E-state index is 0.242. The Morgan fingerprint density at radius 1 is 1.10 bits per heavy atom. The molecule has 0 heterocycles. The fourth-order valence-electron chi connectivity index (χ4n) is 8.96. The number of aliphatic hydroxyl groups is 1. The molecule has 0 aromatic carbocycles. The fourth-order valence-corrected chi connectivity index (χ4v) is 8.96. The minimum absolute atomic E-state index is 0.242. The Balaban J connectivity index is 1.51. The third-order valence-corrected chi connectivity index (χ3v) is 11.0. The van der Waals surface area contributed by atoms with Crippen molar-refractivity contribution in [2.45, 2.75) is 105 Å². The lowest BCUT2D eigenvalue weighted by atomic mass is 9.49. The maximum Gasteiger partial charge on any atom is 0.0493 e. The standard InChI is InChI=1S/C29H48O/c1-19(22(4)18-30)9-10-21(3)25-13-14-26-23-11-12-24-20(2)8-7-16-28(24,5)27(23)15-17-29(25,26)6/h20-22,24-26,30H,1,7-18H2,2-6H3/t20?,21-,22?,24?,25-,26+,28+,29-/m1/s1. The van der Waals surface area contributed by atoms with E-state index < -0.39 is 0 Å². The highest BCUT2D eigenvalue weighted by molar-refractivity contribution is 5.34. The first-order chi connectivity index (χ1) is 14.2. The van der Waals surface area contributed by atoms with E-state index >= 15 is 0 Å². The summed E-state index contributed by atoms with van der Waals surface area (Å²) < 4.78 is 0. The van der Waals surface area contributed by atoms with Crippen LogP contribution in [-0.2, 0) is 0 Å². The van der Waals surface area contributed by atoms with E-state index in [0.29, 0.717) is 10.8 Å². The first-order valence-corrected chi connectivity index (χ1v) is 13.2.